The highest BCUT2D eigenvalue weighted by Crippen LogP contribution is 2.33. The smallest absolute Gasteiger partial charge is 0.258 e. The summed E-state index contributed by atoms with van der Waals surface area (Å²) in [6.07, 6.45) is 0. The van der Waals surface area contributed by atoms with E-state index in [1.54, 1.807) is 17.5 Å². The third-order valence-electron chi connectivity index (χ3n) is 3.29. The van der Waals surface area contributed by atoms with Crippen LogP contribution in [0.1, 0.15) is 0 Å². The van der Waals surface area contributed by atoms with E-state index in [9.17, 15) is 26.0 Å². The topological polar surface area (TPSA) is 137 Å². The van der Waals surface area contributed by atoms with Crippen molar-refractivity contribution in [1.29, 1.82) is 0 Å². The molecule has 8 nitrogen and oxygen atoms in total. The largest absolute Gasteiger partial charge is 0.422 e. The number of thiophene rings is 1. The summed E-state index contributed by atoms with van der Waals surface area (Å²) in [6, 6.07) is 6.93. The van der Waals surface area contributed by atoms with Crippen LogP contribution in [0.4, 0.5) is 4.39 Å². The van der Waals surface area contributed by atoms with E-state index < -0.39 is 47.3 Å². The molecular formula is C15H11FN2O6S3. The fourth-order valence-corrected chi connectivity index (χ4v) is 5.71. The van der Waals surface area contributed by atoms with Gasteiger partial charge in [0.2, 0.25) is 36.5 Å². The second-order valence-corrected chi connectivity index (χ2v) is 9.97. The Labute approximate surface area is 157 Å². The van der Waals surface area contributed by atoms with Crippen molar-refractivity contribution in [3.8, 4) is 10.8 Å². The molecule has 0 bridgehead atoms. The molecule has 0 aliphatic rings. The molecule has 1 aromatic carbocycles. The van der Waals surface area contributed by atoms with Gasteiger partial charge in [0.15, 0.2) is 0 Å². The number of carbonyl (C=O) groups excluding carboxylic acids is 1. The minimum atomic E-state index is -4.51. The molecule has 2 N–H and O–H groups in total. The van der Waals surface area contributed by atoms with Gasteiger partial charge in [0.25, 0.3) is 5.09 Å². The van der Waals surface area contributed by atoms with Crippen molar-refractivity contribution in [3.63, 3.8) is 0 Å². The molecule has 142 valence electrons. The molecule has 2 aromatic heterocycles. The molecule has 0 saturated heterocycles. The SMILES string of the molecule is NC(=O)CS(=O)(=O)c1oc(-c2cccs2)nc1S(=O)(=O)c1ccc(F)cc1. The van der Waals surface area contributed by atoms with Gasteiger partial charge in [-0.25, -0.2) is 21.2 Å². The first-order valence-electron chi connectivity index (χ1n) is 7.18. The molecule has 0 saturated carbocycles. The molecule has 27 heavy (non-hydrogen) atoms. The molecular weight excluding hydrogens is 419 g/mol. The van der Waals surface area contributed by atoms with E-state index in [-0.39, 0.29) is 10.8 Å². The first-order valence-corrected chi connectivity index (χ1v) is 11.2. The third kappa shape index (κ3) is 3.77. The van der Waals surface area contributed by atoms with Gasteiger partial charge in [-0.1, -0.05) is 6.07 Å². The molecule has 0 aliphatic heterocycles. The Hall–Kier alpha value is -2.57. The van der Waals surface area contributed by atoms with E-state index in [1.165, 1.54) is 0 Å². The number of hydrogen-bond acceptors (Lipinski definition) is 8. The second-order valence-electron chi connectivity index (χ2n) is 5.27. The van der Waals surface area contributed by atoms with Crippen molar-refractivity contribution in [1.82, 2.24) is 4.98 Å². The lowest BCUT2D eigenvalue weighted by Crippen LogP contribution is -2.24. The number of halogens is 1. The number of amides is 1. The number of nitrogens with zero attached hydrogens (tertiary/aromatic N) is 1. The van der Waals surface area contributed by atoms with E-state index in [1.807, 2.05) is 0 Å². The summed E-state index contributed by atoms with van der Waals surface area (Å²) in [5, 5.41) is -0.224. The maximum Gasteiger partial charge on any atom is 0.258 e. The molecule has 12 heteroatoms. The van der Waals surface area contributed by atoms with Gasteiger partial charge in [0, 0.05) is 0 Å². The number of hydrogen-bond donors (Lipinski definition) is 1. The Morgan fingerprint density at radius 1 is 1.15 bits per heavy atom. The predicted octanol–water partition coefficient (Wildman–Crippen LogP) is 1.63. The number of benzene rings is 1. The number of carbonyl (C=O) groups is 1. The summed E-state index contributed by atoms with van der Waals surface area (Å²) in [4.78, 5) is 14.9. The Morgan fingerprint density at radius 2 is 1.81 bits per heavy atom. The van der Waals surface area contributed by atoms with Crippen LogP contribution in [0.5, 0.6) is 0 Å². The Balaban J connectivity index is 2.24. The van der Waals surface area contributed by atoms with Crippen molar-refractivity contribution >= 4 is 36.9 Å². The first-order chi connectivity index (χ1) is 12.6. The lowest BCUT2D eigenvalue weighted by Gasteiger charge is -2.04. The summed E-state index contributed by atoms with van der Waals surface area (Å²) in [6.45, 7) is 0. The zero-order valence-electron chi connectivity index (χ0n) is 13.3. The van der Waals surface area contributed by atoms with Crippen molar-refractivity contribution in [2.24, 2.45) is 5.73 Å². The summed E-state index contributed by atoms with van der Waals surface area (Å²) in [7, 11) is -8.99. The summed E-state index contributed by atoms with van der Waals surface area (Å²) < 4.78 is 68.9. The van der Waals surface area contributed by atoms with E-state index in [0.717, 1.165) is 35.6 Å². The molecule has 0 atom stereocenters. The second kappa shape index (κ2) is 6.87. The van der Waals surface area contributed by atoms with Crippen molar-refractivity contribution < 1.29 is 30.4 Å². The van der Waals surface area contributed by atoms with Gasteiger partial charge in [-0.15, -0.1) is 11.3 Å². The van der Waals surface area contributed by atoms with Crippen LogP contribution >= 0.6 is 11.3 Å². The van der Waals surface area contributed by atoms with Crippen LogP contribution in [0.25, 0.3) is 10.8 Å². The standard InChI is InChI=1S/C15H11FN2O6S3/c16-9-3-5-10(6-4-9)27(22,23)14-15(26(20,21)8-12(17)19)24-13(18-14)11-2-1-7-25-11/h1-7H,8H2,(H2,17,19). The molecule has 2 heterocycles. The zero-order valence-corrected chi connectivity index (χ0v) is 15.8. The number of nitrogens with two attached hydrogens (primary N) is 1. The fraction of sp³-hybridized carbons (Fsp3) is 0.0667. The van der Waals surface area contributed by atoms with Crippen molar-refractivity contribution in [2.45, 2.75) is 15.0 Å². The maximum atomic E-state index is 13.1. The van der Waals surface area contributed by atoms with Gasteiger partial charge in [0.1, 0.15) is 11.6 Å². The highest BCUT2D eigenvalue weighted by Gasteiger charge is 2.36. The van der Waals surface area contributed by atoms with Crippen LogP contribution in [-0.2, 0) is 24.5 Å². The lowest BCUT2D eigenvalue weighted by atomic mass is 10.4. The zero-order chi connectivity index (χ0) is 19.8. The molecule has 0 aliphatic carbocycles. The number of sulfone groups is 2. The maximum absolute atomic E-state index is 13.1. The average Bonchev–Trinajstić information content (AvgIpc) is 3.24. The Morgan fingerprint density at radius 3 is 2.37 bits per heavy atom. The number of aromatic nitrogens is 1. The minimum Gasteiger partial charge on any atom is -0.422 e. The van der Waals surface area contributed by atoms with Gasteiger partial charge in [-0.2, -0.15) is 4.98 Å². The van der Waals surface area contributed by atoms with Crippen molar-refractivity contribution in [3.05, 3.63) is 47.6 Å². The van der Waals surface area contributed by atoms with E-state index >= 15 is 0 Å². The number of oxazole rings is 1. The van der Waals surface area contributed by atoms with Crippen LogP contribution in [0.3, 0.4) is 0 Å². The normalized spacial score (nSPS) is 12.2. The summed E-state index contributed by atoms with van der Waals surface area (Å²) >= 11 is 1.14. The first kappa shape index (κ1) is 19.2. The molecule has 3 aromatic rings. The van der Waals surface area contributed by atoms with Crippen LogP contribution in [-0.4, -0.2) is 33.5 Å². The molecule has 0 fully saturated rings. The molecule has 0 unspecified atom stereocenters. The quantitative estimate of drug-likeness (QED) is 0.587. The van der Waals surface area contributed by atoms with Gasteiger partial charge in [0.05, 0.1) is 9.77 Å². The lowest BCUT2D eigenvalue weighted by molar-refractivity contribution is -0.115. The van der Waals surface area contributed by atoms with Crippen LogP contribution in [0.15, 0.2) is 61.2 Å². The molecule has 0 radical (unpaired) electrons. The van der Waals surface area contributed by atoms with Crippen LogP contribution in [0.2, 0.25) is 0 Å². The van der Waals surface area contributed by atoms with Crippen LogP contribution in [0, 0.1) is 5.82 Å². The fourth-order valence-electron chi connectivity index (χ4n) is 2.14. The summed E-state index contributed by atoms with van der Waals surface area (Å²) in [5.41, 5.74) is 4.93. The van der Waals surface area contributed by atoms with Gasteiger partial charge in [-0.3, -0.25) is 4.79 Å². The minimum absolute atomic E-state index is 0.242. The molecule has 3 rings (SSSR count). The van der Waals surface area contributed by atoms with E-state index in [0.29, 0.717) is 4.88 Å². The predicted molar refractivity (Wildman–Crippen MR) is 92.9 cm³/mol. The van der Waals surface area contributed by atoms with E-state index in [4.69, 9.17) is 10.2 Å². The number of rotatable bonds is 6. The highest BCUT2D eigenvalue weighted by atomic mass is 32.2. The van der Waals surface area contributed by atoms with Gasteiger partial charge < -0.3 is 10.2 Å². The Bertz CT molecular complexity index is 1200. The summed E-state index contributed by atoms with van der Waals surface area (Å²) in [5.74, 6) is -3.25. The number of primary amides is 1. The van der Waals surface area contributed by atoms with Crippen molar-refractivity contribution in [2.75, 3.05) is 5.75 Å². The highest BCUT2D eigenvalue weighted by molar-refractivity contribution is 7.94. The average molecular weight is 430 g/mol. The Kier molecular flexibility index (Phi) is 4.88. The molecule has 0 spiro atoms. The monoisotopic (exact) mass is 430 g/mol. The van der Waals surface area contributed by atoms with E-state index in [2.05, 4.69) is 4.98 Å². The van der Waals surface area contributed by atoms with Gasteiger partial charge >= 0.3 is 0 Å². The third-order valence-corrected chi connectivity index (χ3v) is 7.46. The molecule has 1 amide bonds. The van der Waals surface area contributed by atoms with Gasteiger partial charge in [-0.05, 0) is 35.7 Å². The van der Waals surface area contributed by atoms with Crippen LogP contribution < -0.4 is 5.73 Å².